The summed E-state index contributed by atoms with van der Waals surface area (Å²) in [4.78, 5) is 0. The van der Waals surface area contributed by atoms with Crippen LogP contribution in [-0.2, 0) is 14.9 Å². The Balaban J connectivity index is 2.90. The highest BCUT2D eigenvalue weighted by atomic mass is 32.2. The molecule has 1 aliphatic heterocycles. The van der Waals surface area contributed by atoms with Gasteiger partial charge in [0.2, 0.25) is 0 Å². The molecule has 1 rings (SSSR count). The van der Waals surface area contributed by atoms with E-state index in [1.54, 1.807) is 20.8 Å². The van der Waals surface area contributed by atoms with E-state index in [1.807, 2.05) is 0 Å². The Morgan fingerprint density at radius 3 is 2.58 bits per heavy atom. The van der Waals surface area contributed by atoms with Gasteiger partial charge in [-0.3, -0.25) is 0 Å². The predicted octanol–water partition coefficient (Wildman–Crippen LogP) is 1.32. The van der Waals surface area contributed by atoms with Crippen molar-refractivity contribution in [3.8, 4) is 0 Å². The van der Waals surface area contributed by atoms with Gasteiger partial charge in [0.25, 0.3) is 16.6 Å². The van der Waals surface area contributed by atoms with Gasteiger partial charge in [-0.15, -0.1) is 0 Å². The molecule has 0 bridgehead atoms. The average molecular weight is 300 g/mol. The van der Waals surface area contributed by atoms with Crippen molar-refractivity contribution in [2.24, 2.45) is 0 Å². The lowest BCUT2D eigenvalue weighted by atomic mass is 10.2. The Kier molecular flexibility index (Phi) is 6.10. The Morgan fingerprint density at radius 1 is 1.42 bits per heavy atom. The Labute approximate surface area is 113 Å². The summed E-state index contributed by atoms with van der Waals surface area (Å²) < 4.78 is 57.4. The molecule has 0 radical (unpaired) electrons. The normalized spacial score (nSPS) is 26.3. The topological polar surface area (TPSA) is 49.9 Å². The lowest BCUT2D eigenvalue weighted by molar-refractivity contribution is -0.0197. The van der Waals surface area contributed by atoms with Crippen molar-refractivity contribution in [3.05, 3.63) is 0 Å². The van der Waals surface area contributed by atoms with E-state index in [0.717, 1.165) is 4.31 Å². The third kappa shape index (κ3) is 4.34. The zero-order valence-corrected chi connectivity index (χ0v) is 12.4. The number of alkyl halides is 2. The van der Waals surface area contributed by atoms with Crippen LogP contribution in [0.2, 0.25) is 0 Å². The van der Waals surface area contributed by atoms with E-state index in [0.29, 0.717) is 6.42 Å². The second kappa shape index (κ2) is 6.92. The summed E-state index contributed by atoms with van der Waals surface area (Å²) in [7, 11) is -3.86. The third-order valence-electron chi connectivity index (χ3n) is 2.99. The summed E-state index contributed by atoms with van der Waals surface area (Å²) in [5.41, 5.74) is 0. The molecule has 1 heterocycles. The highest BCUT2D eigenvalue weighted by Crippen LogP contribution is 2.20. The highest BCUT2D eigenvalue weighted by Gasteiger charge is 2.37. The van der Waals surface area contributed by atoms with Crippen molar-refractivity contribution in [1.82, 2.24) is 8.61 Å². The minimum atomic E-state index is -3.86. The number of nitrogens with zero attached hydrogens (tertiary/aromatic N) is 2. The lowest BCUT2D eigenvalue weighted by Crippen LogP contribution is -2.55. The number of hydrogen-bond donors (Lipinski definition) is 0. The molecule has 1 fully saturated rings. The summed E-state index contributed by atoms with van der Waals surface area (Å²) >= 11 is 0. The fourth-order valence-electron chi connectivity index (χ4n) is 2.05. The molecule has 0 aromatic carbocycles. The molecular formula is C11H22F2N2O3S. The zero-order chi connectivity index (χ0) is 14.6. The molecule has 114 valence electrons. The largest absolute Gasteiger partial charge is 0.375 e. The van der Waals surface area contributed by atoms with Crippen molar-refractivity contribution in [2.75, 3.05) is 26.2 Å². The van der Waals surface area contributed by atoms with E-state index in [-0.39, 0.29) is 31.8 Å². The van der Waals surface area contributed by atoms with Crippen LogP contribution in [0.5, 0.6) is 0 Å². The third-order valence-corrected chi connectivity index (χ3v) is 5.07. The minimum Gasteiger partial charge on any atom is -0.375 e. The molecule has 0 aromatic rings. The van der Waals surface area contributed by atoms with Gasteiger partial charge in [-0.25, -0.2) is 8.78 Å². The van der Waals surface area contributed by atoms with Crippen molar-refractivity contribution < 1.29 is 21.9 Å². The SMILES string of the molecule is CCCN(CC(F)F)S(=O)(=O)N1C[C@@H](C)OC[C@H]1C. The van der Waals surface area contributed by atoms with Crippen LogP contribution in [0.25, 0.3) is 0 Å². The summed E-state index contributed by atoms with van der Waals surface area (Å²) in [6, 6.07) is -0.335. The monoisotopic (exact) mass is 300 g/mol. The van der Waals surface area contributed by atoms with Crippen LogP contribution in [0.15, 0.2) is 0 Å². The van der Waals surface area contributed by atoms with E-state index in [9.17, 15) is 17.2 Å². The fourth-order valence-corrected chi connectivity index (χ4v) is 3.97. The van der Waals surface area contributed by atoms with E-state index in [1.165, 1.54) is 4.31 Å². The van der Waals surface area contributed by atoms with Crippen LogP contribution in [0.4, 0.5) is 8.78 Å². The van der Waals surface area contributed by atoms with Gasteiger partial charge in [-0.05, 0) is 20.3 Å². The van der Waals surface area contributed by atoms with Gasteiger partial charge in [-0.2, -0.15) is 17.0 Å². The second-order valence-electron chi connectivity index (χ2n) is 4.82. The van der Waals surface area contributed by atoms with Gasteiger partial charge in [0.15, 0.2) is 0 Å². The number of rotatable bonds is 6. The molecule has 2 atom stereocenters. The minimum absolute atomic E-state index is 0.102. The van der Waals surface area contributed by atoms with E-state index in [4.69, 9.17) is 4.74 Å². The van der Waals surface area contributed by atoms with Gasteiger partial charge in [0, 0.05) is 19.1 Å². The van der Waals surface area contributed by atoms with Crippen LogP contribution >= 0.6 is 0 Å². The Bertz CT molecular complexity index is 378. The predicted molar refractivity (Wildman–Crippen MR) is 68.4 cm³/mol. The molecule has 0 amide bonds. The lowest BCUT2D eigenvalue weighted by Gasteiger charge is -2.38. The van der Waals surface area contributed by atoms with Crippen molar-refractivity contribution in [3.63, 3.8) is 0 Å². The quantitative estimate of drug-likeness (QED) is 0.743. The van der Waals surface area contributed by atoms with Crippen molar-refractivity contribution >= 4 is 10.2 Å². The first-order valence-corrected chi connectivity index (χ1v) is 7.85. The Hall–Kier alpha value is -0.310. The molecule has 0 aliphatic carbocycles. The highest BCUT2D eigenvalue weighted by molar-refractivity contribution is 7.86. The molecule has 0 aromatic heterocycles. The molecular weight excluding hydrogens is 278 g/mol. The van der Waals surface area contributed by atoms with Crippen LogP contribution in [0.3, 0.4) is 0 Å². The maximum absolute atomic E-state index is 12.5. The number of halogens is 2. The Morgan fingerprint density at radius 2 is 2.05 bits per heavy atom. The summed E-state index contributed by atoms with van der Waals surface area (Å²) in [5.74, 6) is 0. The zero-order valence-electron chi connectivity index (χ0n) is 11.6. The molecule has 1 saturated heterocycles. The summed E-state index contributed by atoms with van der Waals surface area (Å²) in [6.07, 6.45) is -2.39. The number of hydrogen-bond acceptors (Lipinski definition) is 3. The average Bonchev–Trinajstić information content (AvgIpc) is 2.31. The van der Waals surface area contributed by atoms with Gasteiger partial charge in [0.1, 0.15) is 0 Å². The summed E-state index contributed by atoms with van der Waals surface area (Å²) in [6.45, 7) is 5.09. The van der Waals surface area contributed by atoms with Crippen LogP contribution in [-0.4, -0.2) is 61.8 Å². The first kappa shape index (κ1) is 16.7. The van der Waals surface area contributed by atoms with Crippen LogP contribution < -0.4 is 0 Å². The van der Waals surface area contributed by atoms with Gasteiger partial charge >= 0.3 is 0 Å². The molecule has 19 heavy (non-hydrogen) atoms. The van der Waals surface area contributed by atoms with Crippen molar-refractivity contribution in [2.45, 2.75) is 45.8 Å². The maximum atomic E-state index is 12.5. The molecule has 0 spiro atoms. The molecule has 5 nitrogen and oxygen atoms in total. The molecule has 0 unspecified atom stereocenters. The van der Waals surface area contributed by atoms with Crippen LogP contribution in [0, 0.1) is 0 Å². The molecule has 1 aliphatic rings. The van der Waals surface area contributed by atoms with E-state index < -0.39 is 23.2 Å². The first-order valence-electron chi connectivity index (χ1n) is 6.45. The standard InChI is InChI=1S/C11H22F2N2O3S/c1-4-5-14(7-11(12)13)19(16,17)15-6-10(3)18-8-9(15)2/h9-11H,4-8H2,1-3H3/t9-,10-/m1/s1. The van der Waals surface area contributed by atoms with Crippen molar-refractivity contribution in [1.29, 1.82) is 0 Å². The molecule has 8 heteroatoms. The van der Waals surface area contributed by atoms with Crippen LogP contribution in [0.1, 0.15) is 27.2 Å². The maximum Gasteiger partial charge on any atom is 0.282 e. The second-order valence-corrected chi connectivity index (χ2v) is 6.70. The smallest absolute Gasteiger partial charge is 0.282 e. The van der Waals surface area contributed by atoms with Gasteiger partial charge in [-0.1, -0.05) is 6.92 Å². The fraction of sp³-hybridized carbons (Fsp3) is 1.00. The molecule has 0 N–H and O–H groups in total. The molecule has 0 saturated carbocycles. The van der Waals surface area contributed by atoms with E-state index in [2.05, 4.69) is 0 Å². The number of ether oxygens (including phenoxy) is 1. The summed E-state index contributed by atoms with van der Waals surface area (Å²) in [5, 5.41) is 0. The number of morpholine rings is 1. The van der Waals surface area contributed by atoms with Gasteiger partial charge < -0.3 is 4.74 Å². The first-order chi connectivity index (χ1) is 8.78. The van der Waals surface area contributed by atoms with Gasteiger partial charge in [0.05, 0.1) is 19.3 Å². The van der Waals surface area contributed by atoms with E-state index >= 15 is 0 Å².